The lowest BCUT2D eigenvalue weighted by atomic mass is 10.00. The lowest BCUT2D eigenvalue weighted by Crippen LogP contribution is -2.11. The van der Waals surface area contributed by atoms with E-state index in [0.29, 0.717) is 5.69 Å². The Balaban J connectivity index is 2.11. The van der Waals surface area contributed by atoms with Crippen LogP contribution in [0.15, 0.2) is 54.7 Å². The minimum atomic E-state index is 0.0350. The summed E-state index contributed by atoms with van der Waals surface area (Å²) in [6, 6.07) is 15.6. The van der Waals surface area contributed by atoms with Gasteiger partial charge < -0.3 is 0 Å². The van der Waals surface area contributed by atoms with Gasteiger partial charge in [0, 0.05) is 18.3 Å². The van der Waals surface area contributed by atoms with Gasteiger partial charge in [0.2, 0.25) is 5.78 Å². The van der Waals surface area contributed by atoms with E-state index in [4.69, 9.17) is 0 Å². The third-order valence-electron chi connectivity index (χ3n) is 3.42. The van der Waals surface area contributed by atoms with Crippen LogP contribution in [0.1, 0.15) is 29.4 Å². The topological polar surface area (TPSA) is 34.9 Å². The van der Waals surface area contributed by atoms with Gasteiger partial charge in [0.15, 0.2) is 0 Å². The van der Waals surface area contributed by atoms with Gasteiger partial charge in [0.1, 0.15) is 5.69 Å². The van der Waals surface area contributed by atoms with Gasteiger partial charge in [-0.15, -0.1) is 0 Å². The van der Waals surface area contributed by atoms with Crippen molar-refractivity contribution in [1.82, 2.24) is 9.78 Å². The second-order valence-electron chi connectivity index (χ2n) is 4.80. The first-order valence-corrected chi connectivity index (χ1v) is 6.85. The number of hydrogen-bond acceptors (Lipinski definition) is 2. The smallest absolute Gasteiger partial charge is 0.211 e. The lowest BCUT2D eigenvalue weighted by molar-refractivity contribution is 0.103. The van der Waals surface area contributed by atoms with Crippen LogP contribution in [-0.4, -0.2) is 15.6 Å². The van der Waals surface area contributed by atoms with Crippen LogP contribution in [0.5, 0.6) is 0 Å². The highest BCUT2D eigenvalue weighted by molar-refractivity contribution is 6.15. The zero-order valence-electron chi connectivity index (χ0n) is 11.4. The molecule has 3 rings (SSSR count). The third-order valence-corrected chi connectivity index (χ3v) is 3.42. The maximum Gasteiger partial charge on any atom is 0.211 e. The first-order chi connectivity index (χ1) is 9.81. The summed E-state index contributed by atoms with van der Waals surface area (Å²) >= 11 is 0. The van der Waals surface area contributed by atoms with E-state index in [2.05, 4.69) is 12.0 Å². The molecule has 0 aliphatic carbocycles. The molecular formula is C17H16N2O. The molecule has 0 saturated heterocycles. The Morgan fingerprint density at radius 3 is 2.75 bits per heavy atom. The fourth-order valence-electron chi connectivity index (χ4n) is 2.48. The molecule has 20 heavy (non-hydrogen) atoms. The molecule has 1 aromatic heterocycles. The minimum absolute atomic E-state index is 0.0350. The van der Waals surface area contributed by atoms with E-state index in [1.54, 1.807) is 16.9 Å². The van der Waals surface area contributed by atoms with Gasteiger partial charge in [-0.3, -0.25) is 9.48 Å². The van der Waals surface area contributed by atoms with Gasteiger partial charge in [-0.1, -0.05) is 49.4 Å². The number of carbonyl (C=O) groups excluding carboxylic acids is 1. The van der Waals surface area contributed by atoms with E-state index in [-0.39, 0.29) is 5.78 Å². The van der Waals surface area contributed by atoms with Crippen molar-refractivity contribution in [3.63, 3.8) is 0 Å². The van der Waals surface area contributed by atoms with Crippen LogP contribution in [0.2, 0.25) is 0 Å². The zero-order valence-corrected chi connectivity index (χ0v) is 11.4. The summed E-state index contributed by atoms with van der Waals surface area (Å²) in [6.07, 6.45) is 2.64. The van der Waals surface area contributed by atoms with Crippen molar-refractivity contribution >= 4 is 16.6 Å². The van der Waals surface area contributed by atoms with Crippen LogP contribution in [-0.2, 0) is 6.54 Å². The van der Waals surface area contributed by atoms with Crippen LogP contribution in [0.25, 0.3) is 10.8 Å². The Labute approximate surface area is 117 Å². The summed E-state index contributed by atoms with van der Waals surface area (Å²) in [5.74, 6) is 0.0350. The van der Waals surface area contributed by atoms with Crippen molar-refractivity contribution in [2.24, 2.45) is 0 Å². The van der Waals surface area contributed by atoms with Crippen LogP contribution in [0, 0.1) is 0 Å². The quantitative estimate of drug-likeness (QED) is 0.674. The van der Waals surface area contributed by atoms with Gasteiger partial charge >= 0.3 is 0 Å². The van der Waals surface area contributed by atoms with E-state index >= 15 is 0 Å². The Bertz CT molecular complexity index is 753. The molecule has 0 saturated carbocycles. The summed E-state index contributed by atoms with van der Waals surface area (Å²) in [4.78, 5) is 12.8. The summed E-state index contributed by atoms with van der Waals surface area (Å²) < 4.78 is 1.78. The SMILES string of the molecule is CCCn1nccc1C(=O)c1cccc2ccccc12. The Hall–Kier alpha value is -2.42. The fraction of sp³-hybridized carbons (Fsp3) is 0.176. The van der Waals surface area contributed by atoms with Gasteiger partial charge in [0.05, 0.1) is 0 Å². The number of rotatable bonds is 4. The van der Waals surface area contributed by atoms with Gasteiger partial charge in [-0.05, 0) is 23.3 Å². The summed E-state index contributed by atoms with van der Waals surface area (Å²) in [5, 5.41) is 6.30. The standard InChI is InChI=1S/C17H16N2O/c1-2-12-19-16(10-11-18-19)17(20)15-9-5-7-13-6-3-4-8-14(13)15/h3-11H,2,12H2,1H3. The highest BCUT2D eigenvalue weighted by Crippen LogP contribution is 2.21. The van der Waals surface area contributed by atoms with Crippen molar-refractivity contribution < 1.29 is 4.79 Å². The molecule has 3 nitrogen and oxygen atoms in total. The van der Waals surface area contributed by atoms with Gasteiger partial charge in [-0.2, -0.15) is 5.10 Å². The average Bonchev–Trinajstić information content (AvgIpc) is 2.94. The molecule has 3 heteroatoms. The number of ketones is 1. The van der Waals surface area contributed by atoms with Crippen molar-refractivity contribution in [2.75, 3.05) is 0 Å². The van der Waals surface area contributed by atoms with E-state index in [0.717, 1.165) is 29.3 Å². The number of benzene rings is 2. The maximum absolute atomic E-state index is 12.8. The van der Waals surface area contributed by atoms with Gasteiger partial charge in [-0.25, -0.2) is 0 Å². The summed E-state index contributed by atoms with van der Waals surface area (Å²) in [6.45, 7) is 2.84. The maximum atomic E-state index is 12.8. The molecule has 1 heterocycles. The second-order valence-corrected chi connectivity index (χ2v) is 4.80. The molecule has 0 spiro atoms. The van der Waals surface area contributed by atoms with E-state index in [1.165, 1.54) is 0 Å². The fourth-order valence-corrected chi connectivity index (χ4v) is 2.48. The zero-order chi connectivity index (χ0) is 13.9. The predicted molar refractivity (Wildman–Crippen MR) is 79.9 cm³/mol. The molecule has 3 aromatic rings. The number of carbonyl (C=O) groups is 1. The molecule has 0 atom stereocenters. The number of hydrogen-bond donors (Lipinski definition) is 0. The van der Waals surface area contributed by atoms with Crippen LogP contribution in [0.4, 0.5) is 0 Å². The summed E-state index contributed by atoms with van der Waals surface area (Å²) in [7, 11) is 0. The number of aryl methyl sites for hydroxylation is 1. The molecule has 0 aliphatic heterocycles. The molecule has 0 N–H and O–H groups in total. The minimum Gasteiger partial charge on any atom is -0.287 e. The van der Waals surface area contributed by atoms with Crippen molar-refractivity contribution in [1.29, 1.82) is 0 Å². The van der Waals surface area contributed by atoms with Crippen LogP contribution < -0.4 is 0 Å². The normalized spacial score (nSPS) is 10.8. The Morgan fingerprint density at radius 1 is 1.10 bits per heavy atom. The molecule has 0 radical (unpaired) electrons. The molecule has 0 unspecified atom stereocenters. The third kappa shape index (κ3) is 2.11. The Kier molecular flexibility index (Phi) is 3.33. The largest absolute Gasteiger partial charge is 0.287 e. The molecule has 0 fully saturated rings. The van der Waals surface area contributed by atoms with Crippen LogP contribution >= 0.6 is 0 Å². The monoisotopic (exact) mass is 264 g/mol. The van der Waals surface area contributed by atoms with E-state index in [1.807, 2.05) is 42.5 Å². The Morgan fingerprint density at radius 2 is 1.90 bits per heavy atom. The van der Waals surface area contributed by atoms with Gasteiger partial charge in [0.25, 0.3) is 0 Å². The molecule has 2 aromatic carbocycles. The summed E-state index contributed by atoms with van der Waals surface area (Å²) in [5.41, 5.74) is 1.39. The van der Waals surface area contributed by atoms with Crippen molar-refractivity contribution in [2.45, 2.75) is 19.9 Å². The first kappa shape index (κ1) is 12.6. The molecule has 100 valence electrons. The molecular weight excluding hydrogens is 248 g/mol. The lowest BCUT2D eigenvalue weighted by Gasteiger charge is -2.08. The van der Waals surface area contributed by atoms with E-state index in [9.17, 15) is 4.79 Å². The number of fused-ring (bicyclic) bond motifs is 1. The average molecular weight is 264 g/mol. The van der Waals surface area contributed by atoms with Crippen molar-refractivity contribution in [3.05, 3.63) is 66.0 Å². The number of aromatic nitrogens is 2. The van der Waals surface area contributed by atoms with Crippen LogP contribution in [0.3, 0.4) is 0 Å². The van der Waals surface area contributed by atoms with E-state index < -0.39 is 0 Å². The highest BCUT2D eigenvalue weighted by Gasteiger charge is 2.16. The van der Waals surface area contributed by atoms with Crippen molar-refractivity contribution in [3.8, 4) is 0 Å². The molecule has 0 aliphatic rings. The first-order valence-electron chi connectivity index (χ1n) is 6.85. The highest BCUT2D eigenvalue weighted by atomic mass is 16.1. The molecule has 0 amide bonds. The second kappa shape index (κ2) is 5.29. The predicted octanol–water partition coefficient (Wildman–Crippen LogP) is 3.68. The number of nitrogens with zero attached hydrogens (tertiary/aromatic N) is 2. The molecule has 0 bridgehead atoms.